The number of allylic oxidation sites excluding steroid dienone is 2. The van der Waals surface area contributed by atoms with E-state index in [4.69, 9.17) is 37.9 Å². The molecule has 24 heteroatoms. The van der Waals surface area contributed by atoms with E-state index in [2.05, 4.69) is 40.7 Å². The van der Waals surface area contributed by atoms with E-state index in [1.54, 1.807) is 6.92 Å². The zero-order valence-electron chi connectivity index (χ0n) is 44.6. The number of carbonyl (C=O) groups excluding carboxylic acids is 2. The first-order valence-corrected chi connectivity index (χ1v) is 27.2. The van der Waals surface area contributed by atoms with Crippen molar-refractivity contribution < 1.29 is 119 Å². The number of carboxylic acids is 1. The van der Waals surface area contributed by atoms with Crippen LogP contribution in [0.4, 0.5) is 0 Å². The van der Waals surface area contributed by atoms with E-state index in [0.717, 1.165) is 11.9 Å². The summed E-state index contributed by atoms with van der Waals surface area (Å²) in [7, 11) is 0. The number of carbonyl (C=O) groups is 3. The minimum Gasteiger partial charge on any atom is -0.479 e. The number of aliphatic hydroxyl groups is 12. The van der Waals surface area contributed by atoms with Crippen LogP contribution in [-0.2, 0) is 52.3 Å². The topological polar surface area (TPSA) is 388 Å². The first-order chi connectivity index (χ1) is 36.0. The largest absolute Gasteiger partial charge is 0.479 e. The van der Waals surface area contributed by atoms with Gasteiger partial charge in [-0.1, -0.05) is 53.2 Å². The third-order valence-corrected chi connectivity index (χ3v) is 21.0. The zero-order valence-corrected chi connectivity index (χ0v) is 44.6. The van der Waals surface area contributed by atoms with Crippen LogP contribution in [0.3, 0.4) is 0 Å². The van der Waals surface area contributed by atoms with Gasteiger partial charge in [-0.3, -0.25) is 4.79 Å². The Morgan fingerprint density at radius 1 is 0.675 bits per heavy atom. The number of esters is 1. The Kier molecular flexibility index (Phi) is 16.2. The van der Waals surface area contributed by atoms with E-state index < -0.39 is 187 Å². The van der Waals surface area contributed by atoms with Gasteiger partial charge >= 0.3 is 11.9 Å². The van der Waals surface area contributed by atoms with Gasteiger partial charge in [-0.05, 0) is 104 Å². The molecule has 5 aliphatic carbocycles. The molecular weight excluding hydrogens is 1020 g/mol. The molecule has 0 bridgehead atoms. The lowest BCUT2D eigenvalue weighted by atomic mass is 9.33. The van der Waals surface area contributed by atoms with Crippen molar-refractivity contribution >= 4 is 18.2 Å². The van der Waals surface area contributed by atoms with Gasteiger partial charge in [0.25, 0.3) is 0 Å². The van der Waals surface area contributed by atoms with Gasteiger partial charge in [0.2, 0.25) is 6.29 Å². The van der Waals surface area contributed by atoms with E-state index in [1.807, 2.05) is 0 Å². The summed E-state index contributed by atoms with van der Waals surface area (Å²) in [5.74, 6) is -3.45. The normalized spacial score (nSPS) is 54.6. The van der Waals surface area contributed by atoms with Gasteiger partial charge < -0.3 is 109 Å². The second-order valence-electron chi connectivity index (χ2n) is 25.6. The van der Waals surface area contributed by atoms with Crippen molar-refractivity contribution in [1.29, 1.82) is 0 Å². The number of fused-ring (bicyclic) bond motifs is 7. The standard InChI is InChI=1S/C53H82O24/c1-21-30(58)33(61)37(65)43(71-21)75-40-31(59)24(56)19-70-45(40)77-47(69)53-15-14-48(2,3)16-23(53)22-8-9-27-49(4)12-11-29(50(5,20-55)26(49)10-13-51(27,6)52(22,7)17-28(53)57)73-46-41(36(64)35(63)39(74-46)42(67)68)76-44-38(66)34(62)32(60)25(18-54)72-44/h8,20-21,23-41,43-46,54,56-66H,9-19H2,1-7H3,(H,67,68). The number of aldehydes is 1. The number of aliphatic hydroxyl groups excluding tert-OH is 12. The Morgan fingerprint density at radius 3 is 1.95 bits per heavy atom. The van der Waals surface area contributed by atoms with Crippen molar-refractivity contribution in [2.75, 3.05) is 13.2 Å². The molecule has 29 unspecified atom stereocenters. The molecular formula is C53H82O24. The monoisotopic (exact) mass is 1100 g/mol. The van der Waals surface area contributed by atoms with Crippen molar-refractivity contribution in [3.05, 3.63) is 11.6 Å². The van der Waals surface area contributed by atoms with Crippen LogP contribution in [0, 0.1) is 50.2 Å². The Morgan fingerprint density at radius 2 is 1.31 bits per heavy atom. The molecule has 9 aliphatic rings. The molecule has 0 aromatic rings. The number of hydrogen-bond donors (Lipinski definition) is 13. The first kappa shape index (κ1) is 59.2. The van der Waals surface area contributed by atoms with Gasteiger partial charge in [0.15, 0.2) is 31.1 Å². The third kappa shape index (κ3) is 9.37. The molecule has 24 nitrogen and oxygen atoms in total. The van der Waals surface area contributed by atoms with Gasteiger partial charge in [0.1, 0.15) is 84.9 Å². The maximum Gasteiger partial charge on any atom is 0.335 e. The summed E-state index contributed by atoms with van der Waals surface area (Å²) in [6.07, 6.45) is -28.2. The Labute approximate surface area is 446 Å². The van der Waals surface area contributed by atoms with Crippen LogP contribution in [0.5, 0.6) is 0 Å². The van der Waals surface area contributed by atoms with E-state index >= 15 is 4.79 Å². The van der Waals surface area contributed by atoms with Gasteiger partial charge in [-0.25, -0.2) is 4.79 Å². The Balaban J connectivity index is 0.987. The Hall–Kier alpha value is -2.41. The van der Waals surface area contributed by atoms with Gasteiger partial charge in [-0.15, -0.1) is 0 Å². The van der Waals surface area contributed by atoms with E-state index in [9.17, 15) is 76.0 Å². The highest BCUT2D eigenvalue weighted by Crippen LogP contribution is 2.76. The van der Waals surface area contributed by atoms with Gasteiger partial charge in [0, 0.05) is 0 Å². The van der Waals surface area contributed by atoms with Crippen molar-refractivity contribution in [1.82, 2.24) is 0 Å². The average molecular weight is 1100 g/mol. The minimum atomic E-state index is -2.08. The second kappa shape index (κ2) is 21.1. The molecule has 0 spiro atoms. The molecule has 13 N–H and O–H groups in total. The highest BCUT2D eigenvalue weighted by Gasteiger charge is 2.73. The van der Waals surface area contributed by atoms with E-state index in [-0.39, 0.29) is 36.5 Å². The van der Waals surface area contributed by atoms with Gasteiger partial charge in [0.05, 0.1) is 36.9 Å². The molecule has 8 fully saturated rings. The maximum atomic E-state index is 15.2. The van der Waals surface area contributed by atoms with Crippen molar-refractivity contribution in [3.63, 3.8) is 0 Å². The van der Waals surface area contributed by atoms with Crippen LogP contribution < -0.4 is 0 Å². The molecule has 4 aliphatic heterocycles. The van der Waals surface area contributed by atoms with Crippen molar-refractivity contribution in [2.45, 2.75) is 235 Å². The fourth-order valence-corrected chi connectivity index (χ4v) is 16.1. The summed E-state index contributed by atoms with van der Waals surface area (Å²) >= 11 is 0. The predicted octanol–water partition coefficient (Wildman–Crippen LogP) is -2.13. The predicted molar refractivity (Wildman–Crippen MR) is 258 cm³/mol. The van der Waals surface area contributed by atoms with Crippen LogP contribution in [-0.4, -0.2) is 227 Å². The van der Waals surface area contributed by atoms with Crippen LogP contribution in [0.1, 0.15) is 106 Å². The fourth-order valence-electron chi connectivity index (χ4n) is 16.1. The zero-order chi connectivity index (χ0) is 56.4. The smallest absolute Gasteiger partial charge is 0.335 e. The fraction of sp³-hybridized carbons (Fsp3) is 0.906. The molecule has 77 heavy (non-hydrogen) atoms. The summed E-state index contributed by atoms with van der Waals surface area (Å²) in [6, 6.07) is 0. The number of aliphatic carboxylic acids is 1. The molecule has 0 aromatic heterocycles. The van der Waals surface area contributed by atoms with Gasteiger partial charge in [-0.2, -0.15) is 0 Å². The third-order valence-electron chi connectivity index (χ3n) is 21.0. The molecule has 4 heterocycles. The van der Waals surface area contributed by atoms with Crippen LogP contribution in [0.2, 0.25) is 0 Å². The second-order valence-corrected chi connectivity index (χ2v) is 25.6. The molecule has 29 atom stereocenters. The quantitative estimate of drug-likeness (QED) is 0.0455. The summed E-state index contributed by atoms with van der Waals surface area (Å²) in [6.45, 7) is 12.7. The molecule has 9 rings (SSSR count). The van der Waals surface area contributed by atoms with Crippen LogP contribution in [0.25, 0.3) is 0 Å². The average Bonchev–Trinajstić information content (AvgIpc) is 3.56. The van der Waals surface area contributed by atoms with Crippen molar-refractivity contribution in [2.24, 2.45) is 50.2 Å². The number of ether oxygens (including phenoxy) is 8. The number of hydrogen-bond acceptors (Lipinski definition) is 23. The highest BCUT2D eigenvalue weighted by molar-refractivity contribution is 5.80. The van der Waals surface area contributed by atoms with Crippen LogP contribution in [0.15, 0.2) is 11.6 Å². The van der Waals surface area contributed by atoms with Crippen LogP contribution >= 0.6 is 0 Å². The molecule has 0 aromatic carbocycles. The van der Waals surface area contributed by atoms with E-state index in [0.29, 0.717) is 38.5 Å². The lowest BCUT2D eigenvalue weighted by Gasteiger charge is -2.71. The highest BCUT2D eigenvalue weighted by atomic mass is 16.8. The molecule has 4 saturated carbocycles. The molecule has 0 amide bonds. The van der Waals surface area contributed by atoms with Crippen molar-refractivity contribution in [3.8, 4) is 0 Å². The first-order valence-electron chi connectivity index (χ1n) is 27.2. The molecule has 4 saturated heterocycles. The minimum absolute atomic E-state index is 0.103. The summed E-state index contributed by atoms with van der Waals surface area (Å²) in [4.78, 5) is 41.4. The Bertz CT molecular complexity index is 2220. The lowest BCUT2D eigenvalue weighted by Crippen LogP contribution is -2.69. The summed E-state index contributed by atoms with van der Waals surface area (Å²) in [5.41, 5.74) is -3.90. The summed E-state index contributed by atoms with van der Waals surface area (Å²) < 4.78 is 47.3. The molecule has 0 radical (unpaired) electrons. The summed E-state index contributed by atoms with van der Waals surface area (Å²) in [5, 5.41) is 140. The van der Waals surface area contributed by atoms with E-state index in [1.165, 1.54) is 6.92 Å². The molecule has 438 valence electrons. The lowest BCUT2D eigenvalue weighted by molar-refractivity contribution is -0.373. The number of carboxylic acid groups (broad SMARTS) is 1. The SMILES string of the molecule is CC1OC(OC2C(OC(=O)C34CCC(C)(C)CC3C3=CCC5C6(C)CCC(OC7OC(C(=O)O)C(O)C(O)C7OC7OC(CO)C(O)C(O)C7O)C(C)(C=O)C6CCC5(C)C3(C)CC4O)OCC(O)C2O)C(O)C(O)C1O. The maximum absolute atomic E-state index is 15.2. The number of rotatable bonds is 11.